The van der Waals surface area contributed by atoms with Crippen LogP contribution in [0.4, 0.5) is 0 Å². The van der Waals surface area contributed by atoms with Crippen molar-refractivity contribution < 1.29 is 19.0 Å². The maximum atomic E-state index is 13.0. The van der Waals surface area contributed by atoms with Gasteiger partial charge in [0.2, 0.25) is 12.3 Å². The van der Waals surface area contributed by atoms with E-state index in [1.807, 2.05) is 86.8 Å². The molecule has 6 nitrogen and oxygen atoms in total. The van der Waals surface area contributed by atoms with Crippen LogP contribution in [0.3, 0.4) is 0 Å². The van der Waals surface area contributed by atoms with Gasteiger partial charge in [-0.2, -0.15) is 0 Å². The molecule has 0 spiro atoms. The molecule has 0 bridgehead atoms. The maximum Gasteiger partial charge on any atom is 0.304 e. The van der Waals surface area contributed by atoms with Crippen LogP contribution in [0.25, 0.3) is 0 Å². The quantitative estimate of drug-likeness (QED) is 0.613. The van der Waals surface area contributed by atoms with Crippen LogP contribution in [0.1, 0.15) is 38.7 Å². The van der Waals surface area contributed by atoms with Crippen molar-refractivity contribution in [3.63, 3.8) is 0 Å². The molecule has 1 fully saturated rings. The zero-order valence-corrected chi connectivity index (χ0v) is 18.3. The number of carbonyl (C=O) groups is 2. The summed E-state index contributed by atoms with van der Waals surface area (Å²) in [5.74, 6) is 0.169. The van der Waals surface area contributed by atoms with Crippen LogP contribution >= 0.6 is 0 Å². The van der Waals surface area contributed by atoms with Crippen molar-refractivity contribution in [2.24, 2.45) is 0 Å². The molecule has 3 aromatic rings. The number of methoxy groups -OCH3 is 1. The summed E-state index contributed by atoms with van der Waals surface area (Å²) in [6.45, 7) is 3.95. The third-order valence-corrected chi connectivity index (χ3v) is 5.63. The number of amides is 2. The van der Waals surface area contributed by atoms with Crippen molar-refractivity contribution in [2.75, 3.05) is 7.11 Å². The van der Waals surface area contributed by atoms with E-state index < -0.39 is 12.1 Å². The highest BCUT2D eigenvalue weighted by molar-refractivity contribution is 5.98. The molecule has 0 aliphatic carbocycles. The predicted octanol–water partition coefficient (Wildman–Crippen LogP) is 3.33. The number of carbonyl (C=O) groups excluding carboxylic acids is 2. The summed E-state index contributed by atoms with van der Waals surface area (Å²) in [5.41, 5.74) is 7.37. The predicted molar refractivity (Wildman–Crippen MR) is 123 cm³/mol. The summed E-state index contributed by atoms with van der Waals surface area (Å²) >= 11 is 0. The normalized spacial score (nSPS) is 19.0. The Balaban J connectivity index is 1.72. The molecule has 6 heteroatoms. The first-order valence-corrected chi connectivity index (χ1v) is 10.5. The maximum absolute atomic E-state index is 13.0. The minimum absolute atomic E-state index is 0.267. The summed E-state index contributed by atoms with van der Waals surface area (Å²) in [4.78, 5) is 25.9. The molecule has 2 atom stereocenters. The molecule has 1 aliphatic rings. The number of ether oxygens (including phenoxy) is 1. The molecule has 3 aromatic carbocycles. The standard InChI is InChI=1S/C26H25N3O3/c1-17-7-6-10-20(15-17)25(30)27-23-24(19-11-13-22(32-3)14-12-19)29(28-26(23)31)16-21-9-5-4-8-18(21)2/h4-16,23-24H,1-3H3,(H-,27,28,30,31)/p+1/b29-16-/t23-,24+/m0/s1. The second kappa shape index (κ2) is 9.06. The van der Waals surface area contributed by atoms with E-state index in [1.54, 1.807) is 17.9 Å². The lowest BCUT2D eigenvalue weighted by Gasteiger charge is -2.15. The van der Waals surface area contributed by atoms with Gasteiger partial charge in [-0.05, 0) is 61.9 Å². The van der Waals surface area contributed by atoms with Gasteiger partial charge in [-0.3, -0.25) is 9.59 Å². The molecule has 1 saturated heterocycles. The van der Waals surface area contributed by atoms with Gasteiger partial charge in [0.1, 0.15) is 5.75 Å². The molecule has 0 saturated carbocycles. The molecule has 1 heterocycles. The number of benzene rings is 3. The van der Waals surface area contributed by atoms with Gasteiger partial charge in [0.05, 0.1) is 7.11 Å². The highest BCUT2D eigenvalue weighted by Gasteiger charge is 2.47. The fraction of sp³-hybridized carbons (Fsp3) is 0.192. The Morgan fingerprint density at radius 1 is 1.03 bits per heavy atom. The molecule has 2 N–H and O–H groups in total. The number of hydrogen-bond donors (Lipinski definition) is 2. The van der Waals surface area contributed by atoms with Gasteiger partial charge in [-0.25, -0.2) is 0 Å². The lowest BCUT2D eigenvalue weighted by molar-refractivity contribution is -0.596. The van der Waals surface area contributed by atoms with Crippen LogP contribution in [0, 0.1) is 13.8 Å². The minimum atomic E-state index is -0.767. The number of aryl methyl sites for hydroxylation is 2. The highest BCUT2D eigenvalue weighted by atomic mass is 16.5. The summed E-state index contributed by atoms with van der Waals surface area (Å²) in [6.07, 6.45) is 1.90. The number of nitrogens with one attached hydrogen (secondary N) is 2. The fourth-order valence-corrected chi connectivity index (χ4v) is 3.87. The fourth-order valence-electron chi connectivity index (χ4n) is 3.87. The van der Waals surface area contributed by atoms with E-state index in [4.69, 9.17) is 4.74 Å². The van der Waals surface area contributed by atoms with Crippen LogP contribution in [-0.2, 0) is 4.79 Å². The van der Waals surface area contributed by atoms with E-state index in [1.165, 1.54) is 0 Å². The molecule has 0 radical (unpaired) electrons. The van der Waals surface area contributed by atoms with Crippen molar-refractivity contribution in [3.05, 3.63) is 101 Å². The Labute approximate surface area is 187 Å². The Kier molecular flexibility index (Phi) is 6.03. The van der Waals surface area contributed by atoms with E-state index in [0.717, 1.165) is 28.0 Å². The number of hydrazine groups is 1. The van der Waals surface area contributed by atoms with Crippen molar-refractivity contribution in [1.29, 1.82) is 0 Å². The van der Waals surface area contributed by atoms with Crippen molar-refractivity contribution in [2.45, 2.75) is 25.9 Å². The van der Waals surface area contributed by atoms with E-state index in [2.05, 4.69) is 10.7 Å². The molecule has 4 rings (SSSR count). The van der Waals surface area contributed by atoms with Crippen LogP contribution in [0.2, 0.25) is 0 Å². The zero-order chi connectivity index (χ0) is 22.7. The van der Waals surface area contributed by atoms with Crippen LogP contribution in [-0.4, -0.2) is 35.9 Å². The van der Waals surface area contributed by atoms with Crippen molar-refractivity contribution >= 4 is 18.0 Å². The Morgan fingerprint density at radius 3 is 2.47 bits per heavy atom. The molecule has 32 heavy (non-hydrogen) atoms. The van der Waals surface area contributed by atoms with Crippen LogP contribution in [0.5, 0.6) is 5.75 Å². The van der Waals surface area contributed by atoms with Crippen LogP contribution in [0.15, 0.2) is 72.8 Å². The first-order valence-electron chi connectivity index (χ1n) is 10.5. The summed E-state index contributed by atoms with van der Waals surface area (Å²) in [7, 11) is 1.61. The molecule has 2 amide bonds. The lowest BCUT2D eigenvalue weighted by atomic mass is 9.99. The molecule has 1 aliphatic heterocycles. The van der Waals surface area contributed by atoms with Crippen molar-refractivity contribution in [3.8, 4) is 5.75 Å². The van der Waals surface area contributed by atoms with Gasteiger partial charge >= 0.3 is 5.91 Å². The smallest absolute Gasteiger partial charge is 0.304 e. The van der Waals surface area contributed by atoms with Gasteiger partial charge in [-0.15, -0.1) is 10.1 Å². The van der Waals surface area contributed by atoms with Gasteiger partial charge in [-0.1, -0.05) is 35.9 Å². The summed E-state index contributed by atoms with van der Waals surface area (Å²) in [6, 6.07) is 21.6. The first-order chi connectivity index (χ1) is 15.5. The third kappa shape index (κ3) is 4.39. The number of hydrogen-bond acceptors (Lipinski definition) is 3. The van der Waals surface area contributed by atoms with E-state index in [-0.39, 0.29) is 11.8 Å². The lowest BCUT2D eigenvalue weighted by Crippen LogP contribution is -2.42. The minimum Gasteiger partial charge on any atom is -0.497 e. The largest absolute Gasteiger partial charge is 0.497 e. The van der Waals surface area contributed by atoms with Gasteiger partial charge in [0.15, 0.2) is 6.04 Å². The monoisotopic (exact) mass is 428 g/mol. The second-order valence-corrected chi connectivity index (χ2v) is 7.91. The third-order valence-electron chi connectivity index (χ3n) is 5.63. The topological polar surface area (TPSA) is 70.4 Å². The van der Waals surface area contributed by atoms with Crippen molar-refractivity contribution in [1.82, 2.24) is 10.7 Å². The highest BCUT2D eigenvalue weighted by Crippen LogP contribution is 2.27. The van der Waals surface area contributed by atoms with Crippen LogP contribution < -0.4 is 15.5 Å². The zero-order valence-electron chi connectivity index (χ0n) is 18.3. The Morgan fingerprint density at radius 2 is 1.78 bits per heavy atom. The summed E-state index contributed by atoms with van der Waals surface area (Å²) in [5, 5.41) is 2.94. The molecular weight excluding hydrogens is 402 g/mol. The average Bonchev–Trinajstić information content (AvgIpc) is 3.10. The van der Waals surface area contributed by atoms with E-state index in [9.17, 15) is 9.59 Å². The first kappa shape index (κ1) is 21.3. The molecule has 0 aromatic heterocycles. The Bertz CT molecular complexity index is 1180. The van der Waals surface area contributed by atoms with Gasteiger partial charge in [0.25, 0.3) is 5.91 Å². The SMILES string of the molecule is COc1ccc([C@@H]2[C@H](NC(=O)c3cccc(C)c3)C(=O)N/[N+]2=C\c2ccccc2C)cc1. The number of rotatable bonds is 5. The molecular formula is C26H26N3O3+. The number of nitrogens with zero attached hydrogens (tertiary/aromatic N) is 1. The van der Waals surface area contributed by atoms with E-state index in [0.29, 0.717) is 5.56 Å². The average molecular weight is 429 g/mol. The van der Waals surface area contributed by atoms with Gasteiger partial charge < -0.3 is 10.1 Å². The second-order valence-electron chi connectivity index (χ2n) is 7.91. The Hall–Kier alpha value is -3.93. The summed E-state index contributed by atoms with van der Waals surface area (Å²) < 4.78 is 7.05. The van der Waals surface area contributed by atoms with E-state index >= 15 is 0 Å². The van der Waals surface area contributed by atoms with Gasteiger partial charge in [0, 0.05) is 16.7 Å². The number of hydrazone groups is 1. The molecule has 162 valence electrons. The molecule has 0 unspecified atom stereocenters.